The fourth-order valence-electron chi connectivity index (χ4n) is 3.95. The molecule has 0 atom stereocenters. The van der Waals surface area contributed by atoms with Crippen molar-refractivity contribution in [3.63, 3.8) is 0 Å². The summed E-state index contributed by atoms with van der Waals surface area (Å²) in [6.45, 7) is 5.51. The molecule has 4 rings (SSSR count). The number of unbranched alkanes of at least 4 members (excludes halogenated alkanes) is 2. The molecule has 0 saturated heterocycles. The number of anilines is 1. The maximum absolute atomic E-state index is 12.4. The Kier molecular flexibility index (Phi) is 5.48. The van der Waals surface area contributed by atoms with Crippen LogP contribution in [0.15, 0.2) is 42.7 Å². The van der Waals surface area contributed by atoms with Gasteiger partial charge in [0.1, 0.15) is 12.1 Å². The van der Waals surface area contributed by atoms with Crippen molar-refractivity contribution in [3.8, 4) is 0 Å². The number of carbonyl (C=O) groups is 2. The average Bonchev–Trinajstić information content (AvgIpc) is 2.99. The zero-order valence-corrected chi connectivity index (χ0v) is 17.7. The number of carbonyl (C=O) groups excluding carboxylic acids is 2. The summed E-state index contributed by atoms with van der Waals surface area (Å²) >= 11 is 0. The number of aromatic nitrogens is 2. The average molecular weight is 402 g/mol. The smallest absolute Gasteiger partial charge is 0.261 e. The summed E-state index contributed by atoms with van der Waals surface area (Å²) in [4.78, 5) is 37.3. The van der Waals surface area contributed by atoms with Gasteiger partial charge in [0, 0.05) is 25.5 Å². The largest absolute Gasteiger partial charge is 0.359 e. The van der Waals surface area contributed by atoms with Crippen molar-refractivity contribution in [1.29, 1.82) is 0 Å². The van der Waals surface area contributed by atoms with Gasteiger partial charge in [0.15, 0.2) is 0 Å². The first-order valence-electron chi connectivity index (χ1n) is 10.4. The predicted octanol–water partition coefficient (Wildman–Crippen LogP) is 4.15. The van der Waals surface area contributed by atoms with Gasteiger partial charge in [0.05, 0.1) is 16.6 Å². The van der Waals surface area contributed by atoms with Gasteiger partial charge >= 0.3 is 0 Å². The second kappa shape index (κ2) is 8.22. The summed E-state index contributed by atoms with van der Waals surface area (Å²) < 4.78 is 0. The molecular weight excluding hydrogens is 376 g/mol. The van der Waals surface area contributed by atoms with E-state index in [4.69, 9.17) is 0 Å². The third-order valence-corrected chi connectivity index (χ3v) is 5.84. The van der Waals surface area contributed by atoms with Crippen LogP contribution in [0.25, 0.3) is 10.9 Å². The van der Waals surface area contributed by atoms with Crippen molar-refractivity contribution >= 4 is 28.5 Å². The van der Waals surface area contributed by atoms with Gasteiger partial charge in [-0.15, -0.1) is 0 Å². The normalized spacial score (nSPS) is 13.2. The first-order chi connectivity index (χ1) is 14.5. The van der Waals surface area contributed by atoms with Gasteiger partial charge in [-0.25, -0.2) is 9.97 Å². The third kappa shape index (κ3) is 3.65. The number of amides is 2. The van der Waals surface area contributed by atoms with E-state index in [9.17, 15) is 9.59 Å². The van der Waals surface area contributed by atoms with Crippen LogP contribution >= 0.6 is 0 Å². The van der Waals surface area contributed by atoms with E-state index in [0.717, 1.165) is 42.5 Å². The molecule has 0 unspecified atom stereocenters. The van der Waals surface area contributed by atoms with Crippen LogP contribution in [-0.4, -0.2) is 46.8 Å². The summed E-state index contributed by atoms with van der Waals surface area (Å²) in [5, 5.41) is 1.06. The van der Waals surface area contributed by atoms with Gasteiger partial charge in [-0.05, 0) is 68.5 Å². The van der Waals surface area contributed by atoms with E-state index in [-0.39, 0.29) is 11.8 Å². The zero-order chi connectivity index (χ0) is 21.3. The van der Waals surface area contributed by atoms with Crippen LogP contribution in [0, 0.1) is 13.8 Å². The van der Waals surface area contributed by atoms with Gasteiger partial charge in [0.2, 0.25) is 0 Å². The number of hydrogen-bond donors (Lipinski definition) is 0. The highest BCUT2D eigenvalue weighted by atomic mass is 16.2. The van der Waals surface area contributed by atoms with Crippen LogP contribution in [0.5, 0.6) is 0 Å². The van der Waals surface area contributed by atoms with Crippen molar-refractivity contribution in [3.05, 3.63) is 65.0 Å². The molecular formula is C24H26N4O2. The van der Waals surface area contributed by atoms with E-state index in [1.807, 2.05) is 7.05 Å². The van der Waals surface area contributed by atoms with Gasteiger partial charge in [-0.2, -0.15) is 0 Å². The molecule has 6 heteroatoms. The summed E-state index contributed by atoms with van der Waals surface area (Å²) in [6, 6.07) is 11.3. The third-order valence-electron chi connectivity index (χ3n) is 5.84. The van der Waals surface area contributed by atoms with E-state index in [0.29, 0.717) is 17.7 Å². The highest BCUT2D eigenvalue weighted by molar-refractivity contribution is 6.21. The molecule has 6 nitrogen and oxygen atoms in total. The van der Waals surface area contributed by atoms with Crippen LogP contribution in [-0.2, 0) is 0 Å². The maximum atomic E-state index is 12.4. The van der Waals surface area contributed by atoms with E-state index in [1.165, 1.54) is 16.0 Å². The van der Waals surface area contributed by atoms with Crippen molar-refractivity contribution in [2.45, 2.75) is 33.1 Å². The number of nitrogens with zero attached hydrogens (tertiary/aromatic N) is 4. The SMILES string of the molecule is Cc1cc2ncnc(N(C)CCCCCN3C(=O)c4ccccc4C3=O)c2cc1C. The lowest BCUT2D eigenvalue weighted by Gasteiger charge is -2.20. The van der Waals surface area contributed by atoms with Gasteiger partial charge in [-0.1, -0.05) is 12.1 Å². The topological polar surface area (TPSA) is 66.4 Å². The Hall–Kier alpha value is -3.28. The van der Waals surface area contributed by atoms with Crippen LogP contribution < -0.4 is 4.90 Å². The van der Waals surface area contributed by atoms with Crippen LogP contribution in [0.4, 0.5) is 5.82 Å². The lowest BCUT2D eigenvalue weighted by atomic mass is 10.1. The van der Waals surface area contributed by atoms with Gasteiger partial charge < -0.3 is 4.90 Å². The summed E-state index contributed by atoms with van der Waals surface area (Å²) in [5.74, 6) is 0.583. The minimum Gasteiger partial charge on any atom is -0.359 e. The Balaban J connectivity index is 1.32. The summed E-state index contributed by atoms with van der Waals surface area (Å²) in [6.07, 6.45) is 4.29. The lowest BCUT2D eigenvalue weighted by Crippen LogP contribution is -2.30. The minimum atomic E-state index is -0.175. The molecule has 0 fully saturated rings. The van der Waals surface area contributed by atoms with Gasteiger partial charge in [0.25, 0.3) is 11.8 Å². The number of imide groups is 1. The Morgan fingerprint density at radius 2 is 1.57 bits per heavy atom. The quantitative estimate of drug-likeness (QED) is 0.439. The highest BCUT2D eigenvalue weighted by Crippen LogP contribution is 2.26. The van der Waals surface area contributed by atoms with E-state index >= 15 is 0 Å². The fourth-order valence-corrected chi connectivity index (χ4v) is 3.95. The molecule has 1 aliphatic heterocycles. The van der Waals surface area contributed by atoms with Crippen LogP contribution in [0.3, 0.4) is 0 Å². The van der Waals surface area contributed by atoms with E-state index in [2.05, 4.69) is 40.8 Å². The molecule has 3 aromatic rings. The van der Waals surface area contributed by atoms with Crippen LogP contribution in [0.2, 0.25) is 0 Å². The van der Waals surface area contributed by atoms with Crippen molar-refractivity contribution < 1.29 is 9.59 Å². The van der Waals surface area contributed by atoms with Crippen molar-refractivity contribution in [2.24, 2.45) is 0 Å². The first-order valence-corrected chi connectivity index (χ1v) is 10.4. The Bertz CT molecular complexity index is 1090. The van der Waals surface area contributed by atoms with Crippen LogP contribution in [0.1, 0.15) is 51.1 Å². The Morgan fingerprint density at radius 1 is 0.900 bits per heavy atom. The second-order valence-corrected chi connectivity index (χ2v) is 7.94. The van der Waals surface area contributed by atoms with E-state index in [1.54, 1.807) is 30.6 Å². The zero-order valence-electron chi connectivity index (χ0n) is 17.7. The Labute approximate surface area is 176 Å². The maximum Gasteiger partial charge on any atom is 0.261 e. The molecule has 0 bridgehead atoms. The molecule has 1 aliphatic rings. The molecule has 0 saturated carbocycles. The number of benzene rings is 2. The number of aryl methyl sites for hydroxylation is 2. The molecule has 2 heterocycles. The summed E-state index contributed by atoms with van der Waals surface area (Å²) in [7, 11) is 2.04. The lowest BCUT2D eigenvalue weighted by molar-refractivity contribution is 0.0651. The predicted molar refractivity (Wildman–Crippen MR) is 118 cm³/mol. The first kappa shape index (κ1) is 20.0. The highest BCUT2D eigenvalue weighted by Gasteiger charge is 2.34. The molecule has 0 aliphatic carbocycles. The molecule has 154 valence electrons. The molecule has 30 heavy (non-hydrogen) atoms. The number of fused-ring (bicyclic) bond motifs is 2. The van der Waals surface area contributed by atoms with Crippen molar-refractivity contribution in [1.82, 2.24) is 14.9 Å². The summed E-state index contributed by atoms with van der Waals surface area (Å²) in [5.41, 5.74) is 4.45. The fraction of sp³-hybridized carbons (Fsp3) is 0.333. The minimum absolute atomic E-state index is 0.175. The Morgan fingerprint density at radius 3 is 2.27 bits per heavy atom. The molecule has 2 aromatic carbocycles. The number of rotatable bonds is 7. The molecule has 1 aromatic heterocycles. The second-order valence-electron chi connectivity index (χ2n) is 7.94. The molecule has 0 spiro atoms. The van der Waals surface area contributed by atoms with Gasteiger partial charge in [-0.3, -0.25) is 14.5 Å². The molecule has 0 radical (unpaired) electrons. The van der Waals surface area contributed by atoms with E-state index < -0.39 is 0 Å². The number of hydrogen-bond acceptors (Lipinski definition) is 5. The molecule has 2 amide bonds. The van der Waals surface area contributed by atoms with Crippen molar-refractivity contribution in [2.75, 3.05) is 25.0 Å². The molecule has 0 N–H and O–H groups in total. The monoisotopic (exact) mass is 402 g/mol. The standard InChI is InChI=1S/C24H26N4O2/c1-16-13-20-21(14-17(16)2)25-15-26-22(20)27(3)11-7-4-8-12-28-23(29)18-9-5-6-10-19(18)24(28)30/h5-6,9-10,13-15H,4,7-8,11-12H2,1-3H3.